The van der Waals surface area contributed by atoms with Gasteiger partial charge >= 0.3 is 0 Å². The summed E-state index contributed by atoms with van der Waals surface area (Å²) >= 11 is 10.1. The van der Waals surface area contributed by atoms with Gasteiger partial charge in [-0.2, -0.15) is 0 Å². The normalized spacial score (nSPS) is 12.4. The van der Waals surface area contributed by atoms with E-state index in [9.17, 15) is 0 Å². The van der Waals surface area contributed by atoms with E-state index in [1.54, 1.807) is 0 Å². The molecule has 0 bridgehead atoms. The fraction of sp³-hybridized carbons (Fsp3) is 0.250. The Bertz CT molecular complexity index is 531. The maximum absolute atomic E-state index is 6.37. The lowest BCUT2D eigenvalue weighted by atomic mass is 10.0. The Morgan fingerprint density at radius 3 is 2.39 bits per heavy atom. The maximum atomic E-state index is 6.37. The molecule has 0 amide bonds. The summed E-state index contributed by atoms with van der Waals surface area (Å²) in [6.45, 7) is 4.20. The van der Waals surface area contributed by atoms with E-state index < -0.39 is 0 Å². The second-order valence-corrected chi connectivity index (χ2v) is 5.73. The third kappa shape index (κ3) is 2.78. The highest BCUT2D eigenvalue weighted by Gasteiger charge is 2.14. The SMILES string of the molecule is CCc1ccc(C(Br)c2cccc(C)c2Cl)cc1. The summed E-state index contributed by atoms with van der Waals surface area (Å²) < 4.78 is 0. The van der Waals surface area contributed by atoms with Crippen molar-refractivity contribution in [3.63, 3.8) is 0 Å². The number of benzene rings is 2. The number of hydrogen-bond donors (Lipinski definition) is 0. The number of hydrogen-bond acceptors (Lipinski definition) is 0. The van der Waals surface area contributed by atoms with Gasteiger partial charge in [-0.05, 0) is 35.6 Å². The first-order valence-corrected chi connectivity index (χ1v) is 7.40. The molecule has 0 saturated carbocycles. The van der Waals surface area contributed by atoms with Gasteiger partial charge in [0.15, 0.2) is 0 Å². The lowest BCUT2D eigenvalue weighted by Gasteiger charge is -2.14. The summed E-state index contributed by atoms with van der Waals surface area (Å²) in [6, 6.07) is 14.8. The molecule has 2 heteroatoms. The molecule has 1 atom stereocenters. The highest BCUT2D eigenvalue weighted by Crippen LogP contribution is 2.36. The molecule has 0 heterocycles. The number of alkyl halides is 1. The molecule has 0 aliphatic rings. The monoisotopic (exact) mass is 322 g/mol. The molecule has 2 aromatic rings. The van der Waals surface area contributed by atoms with Gasteiger partial charge in [0.05, 0.1) is 4.83 Å². The van der Waals surface area contributed by atoms with Crippen molar-refractivity contribution in [1.82, 2.24) is 0 Å². The smallest absolute Gasteiger partial charge is 0.0659 e. The minimum atomic E-state index is 0.149. The predicted octanol–water partition coefficient (Wildman–Crippen LogP) is 5.70. The molecule has 2 rings (SSSR count). The van der Waals surface area contributed by atoms with E-state index in [-0.39, 0.29) is 4.83 Å². The quantitative estimate of drug-likeness (QED) is 0.636. The van der Waals surface area contributed by atoms with Crippen LogP contribution in [0.25, 0.3) is 0 Å². The van der Waals surface area contributed by atoms with Crippen LogP contribution in [0.15, 0.2) is 42.5 Å². The average Bonchev–Trinajstić information content (AvgIpc) is 2.41. The van der Waals surface area contributed by atoms with E-state index in [1.807, 2.05) is 19.1 Å². The van der Waals surface area contributed by atoms with Gasteiger partial charge in [0.2, 0.25) is 0 Å². The molecule has 0 spiro atoms. The Labute approximate surface area is 122 Å². The van der Waals surface area contributed by atoms with Gasteiger partial charge in [0.1, 0.15) is 0 Å². The molecular formula is C16H16BrCl. The van der Waals surface area contributed by atoms with E-state index in [1.165, 1.54) is 11.1 Å². The van der Waals surface area contributed by atoms with Crippen molar-refractivity contribution < 1.29 is 0 Å². The van der Waals surface area contributed by atoms with Crippen LogP contribution in [0.5, 0.6) is 0 Å². The van der Waals surface area contributed by atoms with E-state index in [2.05, 4.69) is 53.2 Å². The summed E-state index contributed by atoms with van der Waals surface area (Å²) in [5, 5.41) is 0.846. The van der Waals surface area contributed by atoms with Crippen molar-refractivity contribution in [3.8, 4) is 0 Å². The standard InChI is InChI=1S/C16H16BrCl/c1-3-12-7-9-13(10-8-12)15(17)14-6-4-5-11(2)16(14)18/h4-10,15H,3H2,1-2H3. The van der Waals surface area contributed by atoms with Crippen LogP contribution in [-0.2, 0) is 6.42 Å². The molecule has 0 aliphatic carbocycles. The number of rotatable bonds is 3. The molecule has 0 saturated heterocycles. The summed E-state index contributed by atoms with van der Waals surface area (Å²) in [7, 11) is 0. The average molecular weight is 324 g/mol. The van der Waals surface area contributed by atoms with Crippen molar-refractivity contribution in [1.29, 1.82) is 0 Å². The number of aryl methyl sites for hydroxylation is 2. The molecule has 0 N–H and O–H groups in total. The van der Waals surface area contributed by atoms with Gasteiger partial charge in [-0.3, -0.25) is 0 Å². The minimum Gasteiger partial charge on any atom is -0.0837 e. The highest BCUT2D eigenvalue weighted by molar-refractivity contribution is 9.09. The molecule has 0 fully saturated rings. The summed E-state index contributed by atoms with van der Waals surface area (Å²) in [5.41, 5.74) is 4.83. The topological polar surface area (TPSA) is 0 Å². The van der Waals surface area contributed by atoms with Gasteiger partial charge in [0, 0.05) is 5.02 Å². The van der Waals surface area contributed by atoms with E-state index >= 15 is 0 Å². The zero-order valence-electron chi connectivity index (χ0n) is 10.6. The van der Waals surface area contributed by atoms with Gasteiger partial charge in [-0.15, -0.1) is 0 Å². The largest absolute Gasteiger partial charge is 0.0837 e. The van der Waals surface area contributed by atoms with Crippen molar-refractivity contribution in [2.45, 2.75) is 25.1 Å². The summed E-state index contributed by atoms with van der Waals surface area (Å²) in [5.74, 6) is 0. The van der Waals surface area contributed by atoms with Gasteiger partial charge in [0.25, 0.3) is 0 Å². The molecule has 0 aromatic heterocycles. The molecule has 2 aromatic carbocycles. The molecule has 1 unspecified atom stereocenters. The zero-order chi connectivity index (χ0) is 13.1. The van der Waals surface area contributed by atoms with Crippen LogP contribution in [0.4, 0.5) is 0 Å². The Morgan fingerprint density at radius 2 is 1.78 bits per heavy atom. The van der Waals surface area contributed by atoms with Crippen LogP contribution in [0.2, 0.25) is 5.02 Å². The second kappa shape index (κ2) is 5.90. The Hall–Kier alpha value is -0.790. The zero-order valence-corrected chi connectivity index (χ0v) is 12.9. The van der Waals surface area contributed by atoms with Crippen LogP contribution in [0.3, 0.4) is 0 Å². The van der Waals surface area contributed by atoms with Gasteiger partial charge in [-0.1, -0.05) is 76.9 Å². The number of halogens is 2. The first kappa shape index (κ1) is 13.6. The maximum Gasteiger partial charge on any atom is 0.0659 e. The van der Waals surface area contributed by atoms with Crippen molar-refractivity contribution in [3.05, 3.63) is 69.7 Å². The van der Waals surface area contributed by atoms with Crippen molar-refractivity contribution in [2.75, 3.05) is 0 Å². The highest BCUT2D eigenvalue weighted by atomic mass is 79.9. The Balaban J connectivity index is 2.35. The minimum absolute atomic E-state index is 0.149. The molecule has 0 aliphatic heterocycles. The lowest BCUT2D eigenvalue weighted by Crippen LogP contribution is -1.95. The predicted molar refractivity (Wildman–Crippen MR) is 82.8 cm³/mol. The Morgan fingerprint density at radius 1 is 1.11 bits per heavy atom. The third-order valence-electron chi connectivity index (χ3n) is 3.18. The van der Waals surface area contributed by atoms with Crippen LogP contribution < -0.4 is 0 Å². The fourth-order valence-corrected chi connectivity index (χ4v) is 3.02. The van der Waals surface area contributed by atoms with Crippen molar-refractivity contribution in [2.24, 2.45) is 0 Å². The van der Waals surface area contributed by atoms with E-state index in [4.69, 9.17) is 11.6 Å². The summed E-state index contributed by atoms with van der Waals surface area (Å²) in [6.07, 6.45) is 1.07. The molecule has 18 heavy (non-hydrogen) atoms. The van der Waals surface area contributed by atoms with E-state index in [0.29, 0.717) is 0 Å². The van der Waals surface area contributed by atoms with Crippen LogP contribution in [-0.4, -0.2) is 0 Å². The first-order chi connectivity index (χ1) is 8.63. The van der Waals surface area contributed by atoms with Crippen LogP contribution >= 0.6 is 27.5 Å². The van der Waals surface area contributed by atoms with Crippen molar-refractivity contribution >= 4 is 27.5 Å². The molecule has 94 valence electrons. The first-order valence-electron chi connectivity index (χ1n) is 6.11. The molecular weight excluding hydrogens is 308 g/mol. The van der Waals surface area contributed by atoms with Gasteiger partial charge < -0.3 is 0 Å². The fourth-order valence-electron chi connectivity index (χ4n) is 1.97. The van der Waals surface area contributed by atoms with Crippen LogP contribution in [0.1, 0.15) is 34.0 Å². The lowest BCUT2D eigenvalue weighted by molar-refractivity contribution is 1.11. The molecule has 0 radical (unpaired) electrons. The molecule has 0 nitrogen and oxygen atoms in total. The third-order valence-corrected chi connectivity index (χ3v) is 4.71. The summed E-state index contributed by atoms with van der Waals surface area (Å²) in [4.78, 5) is 0.149. The second-order valence-electron chi connectivity index (χ2n) is 4.44. The van der Waals surface area contributed by atoms with E-state index in [0.717, 1.165) is 22.6 Å². The van der Waals surface area contributed by atoms with Crippen LogP contribution in [0, 0.1) is 6.92 Å². The Kier molecular flexibility index (Phi) is 4.47. The van der Waals surface area contributed by atoms with Gasteiger partial charge in [-0.25, -0.2) is 0 Å².